The standard InChI is InChI=1S/C22H19N3O3/c1-12-4-5-13-6-8-15-19(14-7-9-17(26-2)18(10-14)27-3)16(11-23)22(24)28-21(15)20(13)25-12/h4-10,19H,24H2,1-3H3. The van der Waals surface area contributed by atoms with E-state index in [1.165, 1.54) is 0 Å². The minimum Gasteiger partial charge on any atom is -0.493 e. The van der Waals surface area contributed by atoms with Gasteiger partial charge in [0.15, 0.2) is 17.2 Å². The van der Waals surface area contributed by atoms with Gasteiger partial charge in [0.2, 0.25) is 5.88 Å². The highest BCUT2D eigenvalue weighted by Gasteiger charge is 2.32. The summed E-state index contributed by atoms with van der Waals surface area (Å²) < 4.78 is 16.6. The number of aryl methyl sites for hydroxylation is 1. The molecule has 0 spiro atoms. The molecule has 140 valence electrons. The van der Waals surface area contributed by atoms with Crippen LogP contribution in [-0.4, -0.2) is 19.2 Å². The number of ether oxygens (including phenoxy) is 3. The first-order valence-electron chi connectivity index (χ1n) is 8.77. The fourth-order valence-corrected chi connectivity index (χ4v) is 3.57. The zero-order valence-corrected chi connectivity index (χ0v) is 15.8. The second-order valence-electron chi connectivity index (χ2n) is 6.55. The Morgan fingerprint density at radius 2 is 1.82 bits per heavy atom. The van der Waals surface area contributed by atoms with Gasteiger partial charge in [-0.2, -0.15) is 5.26 Å². The van der Waals surface area contributed by atoms with Crippen molar-refractivity contribution in [2.75, 3.05) is 14.2 Å². The molecule has 2 aromatic carbocycles. The Balaban J connectivity index is 1.98. The summed E-state index contributed by atoms with van der Waals surface area (Å²) in [6.07, 6.45) is 0. The zero-order valence-electron chi connectivity index (χ0n) is 15.8. The lowest BCUT2D eigenvalue weighted by Crippen LogP contribution is -2.21. The first-order valence-corrected chi connectivity index (χ1v) is 8.77. The smallest absolute Gasteiger partial charge is 0.205 e. The number of methoxy groups -OCH3 is 2. The fourth-order valence-electron chi connectivity index (χ4n) is 3.57. The van der Waals surface area contributed by atoms with Crippen LogP contribution < -0.4 is 19.9 Å². The van der Waals surface area contributed by atoms with Crippen LogP contribution in [0.3, 0.4) is 0 Å². The van der Waals surface area contributed by atoms with Crippen LogP contribution >= 0.6 is 0 Å². The molecular formula is C22H19N3O3. The van der Waals surface area contributed by atoms with Crippen molar-refractivity contribution in [3.05, 3.63) is 70.7 Å². The van der Waals surface area contributed by atoms with E-state index in [2.05, 4.69) is 11.1 Å². The molecule has 0 amide bonds. The number of benzene rings is 2. The number of nitrogens with two attached hydrogens (primary N) is 1. The van der Waals surface area contributed by atoms with Crippen molar-refractivity contribution in [3.8, 4) is 23.3 Å². The maximum absolute atomic E-state index is 9.76. The van der Waals surface area contributed by atoms with E-state index < -0.39 is 0 Å². The number of hydrogen-bond donors (Lipinski definition) is 1. The van der Waals surface area contributed by atoms with Crippen molar-refractivity contribution in [1.82, 2.24) is 4.98 Å². The molecule has 6 nitrogen and oxygen atoms in total. The minimum atomic E-state index is -0.389. The van der Waals surface area contributed by atoms with Crippen LogP contribution in [0.2, 0.25) is 0 Å². The molecule has 4 rings (SSSR count). The Morgan fingerprint density at radius 1 is 1.07 bits per heavy atom. The topological polar surface area (TPSA) is 90.4 Å². The molecule has 0 saturated heterocycles. The van der Waals surface area contributed by atoms with Crippen molar-refractivity contribution < 1.29 is 14.2 Å². The van der Waals surface area contributed by atoms with Crippen LogP contribution in [0.25, 0.3) is 10.9 Å². The van der Waals surface area contributed by atoms with Crippen LogP contribution in [0.4, 0.5) is 0 Å². The number of nitriles is 1. The summed E-state index contributed by atoms with van der Waals surface area (Å²) in [5.41, 5.74) is 9.79. The van der Waals surface area contributed by atoms with Gasteiger partial charge in [0.25, 0.3) is 0 Å². The maximum Gasteiger partial charge on any atom is 0.205 e. The van der Waals surface area contributed by atoms with E-state index in [0.29, 0.717) is 22.8 Å². The summed E-state index contributed by atoms with van der Waals surface area (Å²) in [5.74, 6) is 1.48. The molecule has 1 atom stereocenters. The van der Waals surface area contributed by atoms with Gasteiger partial charge in [0.1, 0.15) is 17.2 Å². The van der Waals surface area contributed by atoms with Gasteiger partial charge in [-0.1, -0.05) is 24.3 Å². The number of hydrogen-bond acceptors (Lipinski definition) is 6. The average molecular weight is 373 g/mol. The summed E-state index contributed by atoms with van der Waals surface area (Å²) in [6.45, 7) is 1.92. The lowest BCUT2D eigenvalue weighted by atomic mass is 9.83. The van der Waals surface area contributed by atoms with Crippen molar-refractivity contribution >= 4 is 10.9 Å². The first-order chi connectivity index (χ1) is 13.6. The van der Waals surface area contributed by atoms with Gasteiger partial charge in [0.05, 0.1) is 20.1 Å². The predicted octanol–water partition coefficient (Wildman–Crippen LogP) is 3.78. The Hall–Kier alpha value is -3.72. The minimum absolute atomic E-state index is 0.0885. The van der Waals surface area contributed by atoms with E-state index in [4.69, 9.17) is 19.9 Å². The van der Waals surface area contributed by atoms with Gasteiger partial charge in [-0.05, 0) is 30.7 Å². The molecule has 0 saturated carbocycles. The molecule has 1 unspecified atom stereocenters. The molecule has 0 fully saturated rings. The van der Waals surface area contributed by atoms with Crippen LogP contribution in [0.5, 0.6) is 17.2 Å². The largest absolute Gasteiger partial charge is 0.493 e. The van der Waals surface area contributed by atoms with Gasteiger partial charge in [-0.25, -0.2) is 4.98 Å². The Morgan fingerprint density at radius 3 is 2.54 bits per heavy atom. The van der Waals surface area contributed by atoms with E-state index in [9.17, 15) is 5.26 Å². The van der Waals surface area contributed by atoms with Crippen molar-refractivity contribution in [2.24, 2.45) is 5.73 Å². The van der Waals surface area contributed by atoms with Gasteiger partial charge >= 0.3 is 0 Å². The van der Waals surface area contributed by atoms with Crippen molar-refractivity contribution in [3.63, 3.8) is 0 Å². The third-order valence-electron chi connectivity index (χ3n) is 4.92. The Bertz CT molecular complexity index is 1160. The van der Waals surface area contributed by atoms with E-state index >= 15 is 0 Å². The highest BCUT2D eigenvalue weighted by Crippen LogP contribution is 2.46. The summed E-state index contributed by atoms with van der Waals surface area (Å²) in [4.78, 5) is 4.63. The molecule has 28 heavy (non-hydrogen) atoms. The van der Waals surface area contributed by atoms with Crippen LogP contribution in [0.1, 0.15) is 22.7 Å². The maximum atomic E-state index is 9.76. The van der Waals surface area contributed by atoms with Gasteiger partial charge in [-0.3, -0.25) is 0 Å². The zero-order chi connectivity index (χ0) is 19.8. The Labute approximate surface area is 162 Å². The van der Waals surface area contributed by atoms with E-state index in [1.54, 1.807) is 14.2 Å². The highest BCUT2D eigenvalue weighted by atomic mass is 16.5. The highest BCUT2D eigenvalue weighted by molar-refractivity contribution is 5.87. The van der Waals surface area contributed by atoms with Crippen molar-refractivity contribution in [1.29, 1.82) is 5.26 Å². The number of rotatable bonds is 3. The molecule has 1 aliphatic rings. The SMILES string of the molecule is COc1ccc(C2C(C#N)=C(N)Oc3c2ccc2ccc(C)nc32)cc1OC. The lowest BCUT2D eigenvalue weighted by molar-refractivity contribution is 0.354. The van der Waals surface area contributed by atoms with Crippen molar-refractivity contribution in [2.45, 2.75) is 12.8 Å². The summed E-state index contributed by atoms with van der Waals surface area (Å²) in [5, 5.41) is 10.7. The molecule has 2 N–H and O–H groups in total. The molecule has 1 aliphatic heterocycles. The third-order valence-corrected chi connectivity index (χ3v) is 4.92. The third kappa shape index (κ3) is 2.69. The molecular weight excluding hydrogens is 354 g/mol. The van der Waals surface area contributed by atoms with Crippen LogP contribution in [-0.2, 0) is 0 Å². The van der Waals surface area contributed by atoms with Crippen LogP contribution in [0.15, 0.2) is 53.9 Å². The second kappa shape index (κ2) is 6.78. The number of aromatic nitrogens is 1. The monoisotopic (exact) mass is 373 g/mol. The van der Waals surface area contributed by atoms with E-state index in [0.717, 1.165) is 27.7 Å². The molecule has 3 aromatic rings. The number of fused-ring (bicyclic) bond motifs is 3. The normalized spacial score (nSPS) is 15.6. The quantitative estimate of drug-likeness (QED) is 0.751. The first kappa shape index (κ1) is 17.7. The molecule has 0 radical (unpaired) electrons. The average Bonchev–Trinajstić information content (AvgIpc) is 2.72. The lowest BCUT2D eigenvalue weighted by Gasteiger charge is -2.27. The number of pyridine rings is 1. The molecule has 0 aliphatic carbocycles. The molecule has 2 heterocycles. The van der Waals surface area contributed by atoms with Crippen LogP contribution in [0, 0.1) is 18.3 Å². The summed E-state index contributed by atoms with van der Waals surface area (Å²) in [6, 6.07) is 15.7. The van der Waals surface area contributed by atoms with Gasteiger partial charge in [-0.15, -0.1) is 0 Å². The summed E-state index contributed by atoms with van der Waals surface area (Å²) in [7, 11) is 3.16. The second-order valence-corrected chi connectivity index (χ2v) is 6.55. The Kier molecular flexibility index (Phi) is 4.28. The predicted molar refractivity (Wildman–Crippen MR) is 105 cm³/mol. The van der Waals surface area contributed by atoms with E-state index in [1.807, 2.05) is 49.4 Å². The molecule has 6 heteroatoms. The number of allylic oxidation sites excluding steroid dienone is 1. The molecule has 1 aromatic heterocycles. The van der Waals surface area contributed by atoms with Gasteiger partial charge in [0, 0.05) is 16.6 Å². The fraction of sp³-hybridized carbons (Fsp3) is 0.182. The van der Waals surface area contributed by atoms with Gasteiger partial charge < -0.3 is 19.9 Å². The summed E-state index contributed by atoms with van der Waals surface area (Å²) >= 11 is 0. The molecule has 0 bridgehead atoms. The number of nitrogens with zero attached hydrogens (tertiary/aromatic N) is 2. The van der Waals surface area contributed by atoms with E-state index in [-0.39, 0.29) is 11.8 Å².